The first kappa shape index (κ1) is 17.6. The summed E-state index contributed by atoms with van der Waals surface area (Å²) in [5, 5.41) is 11.5. The minimum Gasteiger partial charge on any atom is -0.348 e. The first-order valence-electron chi connectivity index (χ1n) is 9.66. The van der Waals surface area contributed by atoms with Crippen LogP contribution in [-0.4, -0.2) is 31.1 Å². The van der Waals surface area contributed by atoms with Gasteiger partial charge in [-0.2, -0.15) is 10.2 Å². The Morgan fingerprint density at radius 2 is 1.86 bits per heavy atom. The van der Waals surface area contributed by atoms with Crippen molar-refractivity contribution in [1.29, 1.82) is 0 Å². The van der Waals surface area contributed by atoms with E-state index in [9.17, 15) is 4.79 Å². The van der Waals surface area contributed by atoms with Crippen molar-refractivity contribution in [3.63, 3.8) is 0 Å². The van der Waals surface area contributed by atoms with Gasteiger partial charge in [0, 0.05) is 36.5 Å². The summed E-state index contributed by atoms with van der Waals surface area (Å²) >= 11 is 0. The number of benzene rings is 1. The summed E-state index contributed by atoms with van der Waals surface area (Å²) in [4.78, 5) is 19.0. The average molecular weight is 386 g/mol. The van der Waals surface area contributed by atoms with Gasteiger partial charge in [-0.3, -0.25) is 9.89 Å². The SMILES string of the molecule is CC(C)(C)c1c(C=O)nn2c(-c3cn[nH]c3)cc(N3Cc4ccccc4C3)nc12. The molecule has 1 N–H and O–H groups in total. The number of fused-ring (bicyclic) bond motifs is 2. The van der Waals surface area contributed by atoms with Gasteiger partial charge in [-0.15, -0.1) is 0 Å². The van der Waals surface area contributed by atoms with Gasteiger partial charge >= 0.3 is 0 Å². The smallest absolute Gasteiger partial charge is 0.170 e. The van der Waals surface area contributed by atoms with Crippen molar-refractivity contribution in [1.82, 2.24) is 24.8 Å². The Morgan fingerprint density at radius 3 is 2.45 bits per heavy atom. The zero-order valence-corrected chi connectivity index (χ0v) is 16.7. The molecular weight excluding hydrogens is 364 g/mol. The zero-order valence-electron chi connectivity index (χ0n) is 16.7. The molecule has 0 aliphatic carbocycles. The number of aromatic nitrogens is 5. The van der Waals surface area contributed by atoms with Crippen LogP contribution in [0.15, 0.2) is 42.7 Å². The lowest BCUT2D eigenvalue weighted by molar-refractivity contribution is 0.111. The van der Waals surface area contributed by atoms with E-state index < -0.39 is 0 Å². The van der Waals surface area contributed by atoms with Gasteiger partial charge in [0.15, 0.2) is 11.9 Å². The molecule has 4 heterocycles. The molecule has 0 bridgehead atoms. The quantitative estimate of drug-likeness (QED) is 0.543. The number of hydrogen-bond donors (Lipinski definition) is 1. The molecule has 0 unspecified atom stereocenters. The van der Waals surface area contributed by atoms with Gasteiger partial charge in [-0.1, -0.05) is 45.0 Å². The third kappa shape index (κ3) is 2.81. The van der Waals surface area contributed by atoms with Crippen LogP contribution < -0.4 is 4.90 Å². The number of hydrogen-bond acceptors (Lipinski definition) is 5. The summed E-state index contributed by atoms with van der Waals surface area (Å²) in [5.41, 5.74) is 6.11. The molecule has 0 atom stereocenters. The summed E-state index contributed by atoms with van der Waals surface area (Å²) in [5.74, 6) is 0.868. The fourth-order valence-corrected chi connectivity index (χ4v) is 4.08. The molecule has 0 radical (unpaired) electrons. The summed E-state index contributed by atoms with van der Waals surface area (Å²) in [6.45, 7) is 7.85. The zero-order chi connectivity index (χ0) is 20.2. The average Bonchev–Trinajstić information content (AvgIpc) is 3.43. The lowest BCUT2D eigenvalue weighted by atomic mass is 9.87. The van der Waals surface area contributed by atoms with E-state index in [1.807, 2.05) is 12.3 Å². The van der Waals surface area contributed by atoms with Gasteiger partial charge in [-0.25, -0.2) is 9.50 Å². The van der Waals surface area contributed by atoms with Crippen LogP contribution in [0, 0.1) is 0 Å². The minimum atomic E-state index is -0.273. The minimum absolute atomic E-state index is 0.273. The van der Waals surface area contributed by atoms with Crippen molar-refractivity contribution in [3.8, 4) is 11.3 Å². The molecular formula is C22H22N6O. The molecule has 29 heavy (non-hydrogen) atoms. The maximum absolute atomic E-state index is 11.8. The first-order chi connectivity index (χ1) is 14.0. The van der Waals surface area contributed by atoms with Gasteiger partial charge in [0.05, 0.1) is 11.9 Å². The molecule has 0 saturated carbocycles. The molecule has 1 aliphatic rings. The number of H-pyrrole nitrogens is 1. The fraction of sp³-hybridized carbons (Fsp3) is 0.273. The lowest BCUT2D eigenvalue weighted by Gasteiger charge is -2.20. The molecule has 3 aromatic heterocycles. The third-order valence-corrected chi connectivity index (χ3v) is 5.42. The summed E-state index contributed by atoms with van der Waals surface area (Å²) < 4.78 is 1.77. The van der Waals surface area contributed by atoms with Crippen LogP contribution in [-0.2, 0) is 18.5 Å². The van der Waals surface area contributed by atoms with E-state index in [0.717, 1.165) is 42.0 Å². The Kier molecular flexibility index (Phi) is 3.81. The molecule has 1 aliphatic heterocycles. The molecule has 0 amide bonds. The second kappa shape index (κ2) is 6.27. The Bertz CT molecular complexity index is 1190. The number of aromatic amines is 1. The van der Waals surface area contributed by atoms with Crippen molar-refractivity contribution in [2.24, 2.45) is 0 Å². The van der Waals surface area contributed by atoms with Gasteiger partial charge in [-0.05, 0) is 16.5 Å². The van der Waals surface area contributed by atoms with E-state index in [1.165, 1.54) is 11.1 Å². The van der Waals surface area contributed by atoms with Crippen LogP contribution in [0.4, 0.5) is 5.82 Å². The Balaban J connectivity index is 1.75. The predicted molar refractivity (Wildman–Crippen MR) is 111 cm³/mol. The predicted octanol–water partition coefficient (Wildman–Crippen LogP) is 3.75. The second-order valence-corrected chi connectivity index (χ2v) is 8.47. The largest absolute Gasteiger partial charge is 0.348 e. The van der Waals surface area contributed by atoms with Gasteiger partial charge in [0.25, 0.3) is 0 Å². The van der Waals surface area contributed by atoms with Crippen LogP contribution in [0.5, 0.6) is 0 Å². The highest BCUT2D eigenvalue weighted by molar-refractivity contribution is 5.81. The Hall–Kier alpha value is -3.48. The lowest BCUT2D eigenvalue weighted by Crippen LogP contribution is -2.18. The van der Waals surface area contributed by atoms with Crippen LogP contribution in [0.3, 0.4) is 0 Å². The van der Waals surface area contributed by atoms with E-state index in [2.05, 4.69) is 65.2 Å². The van der Waals surface area contributed by atoms with Crippen molar-refractivity contribution in [3.05, 3.63) is 65.1 Å². The van der Waals surface area contributed by atoms with Gasteiger partial charge < -0.3 is 4.90 Å². The normalized spacial score (nSPS) is 13.8. The van der Waals surface area contributed by atoms with Crippen LogP contribution in [0.25, 0.3) is 16.9 Å². The summed E-state index contributed by atoms with van der Waals surface area (Å²) in [6.07, 6.45) is 4.41. The molecule has 1 aromatic carbocycles. The van der Waals surface area contributed by atoms with E-state index in [0.29, 0.717) is 11.3 Å². The summed E-state index contributed by atoms with van der Waals surface area (Å²) in [7, 11) is 0. The highest BCUT2D eigenvalue weighted by Gasteiger charge is 2.29. The van der Waals surface area contributed by atoms with Crippen LogP contribution in [0.1, 0.15) is 48.0 Å². The van der Waals surface area contributed by atoms with Crippen LogP contribution in [0.2, 0.25) is 0 Å². The maximum Gasteiger partial charge on any atom is 0.170 e. The van der Waals surface area contributed by atoms with Gasteiger partial charge in [0.2, 0.25) is 0 Å². The molecule has 4 aromatic rings. The van der Waals surface area contributed by atoms with E-state index in [-0.39, 0.29) is 5.41 Å². The van der Waals surface area contributed by atoms with Crippen molar-refractivity contribution in [2.75, 3.05) is 4.90 Å². The number of nitrogens with zero attached hydrogens (tertiary/aromatic N) is 5. The molecule has 7 nitrogen and oxygen atoms in total. The topological polar surface area (TPSA) is 79.2 Å². The van der Waals surface area contributed by atoms with Crippen molar-refractivity contribution < 1.29 is 4.79 Å². The molecule has 146 valence electrons. The maximum atomic E-state index is 11.8. The number of nitrogens with one attached hydrogen (secondary N) is 1. The molecule has 0 saturated heterocycles. The monoisotopic (exact) mass is 386 g/mol. The van der Waals surface area contributed by atoms with Gasteiger partial charge in [0.1, 0.15) is 11.5 Å². The summed E-state index contributed by atoms with van der Waals surface area (Å²) in [6, 6.07) is 10.5. The molecule has 5 rings (SSSR count). The van der Waals surface area contributed by atoms with E-state index in [4.69, 9.17) is 4.98 Å². The molecule has 7 heteroatoms. The highest BCUT2D eigenvalue weighted by Crippen LogP contribution is 2.35. The first-order valence-corrected chi connectivity index (χ1v) is 9.66. The standard InChI is InChI=1S/C22H22N6O/c1-22(2,3)20-17(13-29)26-28-18(16-9-23-24-10-16)8-19(25-21(20)28)27-11-14-6-4-5-7-15(14)12-27/h4-10,13H,11-12H2,1-3H3,(H,23,24). The van der Waals surface area contributed by atoms with Crippen LogP contribution >= 0.6 is 0 Å². The highest BCUT2D eigenvalue weighted by atomic mass is 16.1. The third-order valence-electron chi connectivity index (χ3n) is 5.42. The van der Waals surface area contributed by atoms with Crippen molar-refractivity contribution in [2.45, 2.75) is 39.3 Å². The number of carbonyl (C=O) groups excluding carboxylic acids is 1. The fourth-order valence-electron chi connectivity index (χ4n) is 4.08. The number of anilines is 1. The molecule has 0 fully saturated rings. The number of carbonyl (C=O) groups is 1. The Morgan fingerprint density at radius 1 is 1.14 bits per heavy atom. The van der Waals surface area contributed by atoms with E-state index in [1.54, 1.807) is 10.7 Å². The number of aldehydes is 1. The van der Waals surface area contributed by atoms with E-state index >= 15 is 0 Å². The molecule has 0 spiro atoms. The second-order valence-electron chi connectivity index (χ2n) is 8.47. The Labute approximate surface area is 168 Å². The van der Waals surface area contributed by atoms with Crippen molar-refractivity contribution >= 4 is 17.8 Å². The number of rotatable bonds is 3.